The summed E-state index contributed by atoms with van der Waals surface area (Å²) in [6.45, 7) is 2.03. The summed E-state index contributed by atoms with van der Waals surface area (Å²) in [5.74, 6) is -3.35. The van der Waals surface area contributed by atoms with Gasteiger partial charge < -0.3 is 25.2 Å². The molecule has 138 valence electrons. The van der Waals surface area contributed by atoms with Crippen LogP contribution in [-0.4, -0.2) is 32.4 Å². The first-order chi connectivity index (χ1) is 12.3. The van der Waals surface area contributed by atoms with Gasteiger partial charge in [0.25, 0.3) is 0 Å². The van der Waals surface area contributed by atoms with Gasteiger partial charge in [0, 0.05) is 12.1 Å². The van der Waals surface area contributed by atoms with Gasteiger partial charge in [-0.25, -0.2) is 9.59 Å². The van der Waals surface area contributed by atoms with Crippen molar-refractivity contribution >= 4 is 11.9 Å². The molecule has 2 rings (SSSR count). The number of carboxylic acids is 1. The molecule has 0 heterocycles. The summed E-state index contributed by atoms with van der Waals surface area (Å²) in [5, 5.41) is 38.3. The van der Waals surface area contributed by atoms with Crippen molar-refractivity contribution in [2.24, 2.45) is 0 Å². The fraction of sp³-hybridized carbons (Fsp3) is 0.263. The number of aromatic hydroxyl groups is 3. The Morgan fingerprint density at radius 3 is 2.35 bits per heavy atom. The second-order valence-electron chi connectivity index (χ2n) is 5.83. The Morgan fingerprint density at radius 1 is 1.00 bits per heavy atom. The van der Waals surface area contributed by atoms with Crippen molar-refractivity contribution in [3.05, 3.63) is 47.0 Å². The maximum atomic E-state index is 12.5. The summed E-state index contributed by atoms with van der Waals surface area (Å²) in [6, 6.07) is 5.80. The number of carbonyl (C=O) groups is 2. The Labute approximate surface area is 150 Å². The van der Waals surface area contributed by atoms with Crippen molar-refractivity contribution in [3.8, 4) is 23.0 Å². The first kappa shape index (κ1) is 19.1. The Bertz CT molecular complexity index is 827. The van der Waals surface area contributed by atoms with Crippen LogP contribution < -0.4 is 4.74 Å². The molecule has 0 amide bonds. The number of phenols is 3. The Morgan fingerprint density at radius 2 is 1.73 bits per heavy atom. The van der Waals surface area contributed by atoms with Crippen LogP contribution in [0.3, 0.4) is 0 Å². The number of phenolic OH excluding ortho intramolecular Hbond substituents is 2. The second-order valence-corrected chi connectivity index (χ2v) is 5.83. The minimum Gasteiger partial charge on any atom is -0.508 e. The van der Waals surface area contributed by atoms with E-state index in [0.717, 1.165) is 37.5 Å². The Hall–Kier alpha value is -3.22. The molecule has 0 saturated heterocycles. The van der Waals surface area contributed by atoms with E-state index in [1.165, 1.54) is 12.1 Å². The summed E-state index contributed by atoms with van der Waals surface area (Å²) in [5.41, 5.74) is 0.0607. The number of esters is 1. The van der Waals surface area contributed by atoms with E-state index in [1.54, 1.807) is 0 Å². The van der Waals surface area contributed by atoms with Crippen LogP contribution in [0.5, 0.6) is 23.0 Å². The van der Waals surface area contributed by atoms with Gasteiger partial charge in [-0.3, -0.25) is 0 Å². The normalized spacial score (nSPS) is 10.5. The molecule has 0 atom stereocenters. The third-order valence-corrected chi connectivity index (χ3v) is 3.85. The highest BCUT2D eigenvalue weighted by Crippen LogP contribution is 2.31. The molecule has 0 radical (unpaired) electrons. The van der Waals surface area contributed by atoms with E-state index in [4.69, 9.17) is 9.84 Å². The number of unbranched alkanes of at least 4 members (excludes halogenated alkanes) is 2. The summed E-state index contributed by atoms with van der Waals surface area (Å²) < 4.78 is 5.15. The fourth-order valence-corrected chi connectivity index (χ4v) is 2.58. The van der Waals surface area contributed by atoms with Gasteiger partial charge in [0.05, 0.1) is 0 Å². The number of benzene rings is 2. The molecule has 4 N–H and O–H groups in total. The van der Waals surface area contributed by atoms with Gasteiger partial charge in [-0.2, -0.15) is 0 Å². The van der Waals surface area contributed by atoms with E-state index >= 15 is 0 Å². The van der Waals surface area contributed by atoms with E-state index in [9.17, 15) is 24.9 Å². The Kier molecular flexibility index (Phi) is 6.06. The second kappa shape index (κ2) is 8.24. The highest BCUT2D eigenvalue weighted by molar-refractivity contribution is 5.96. The van der Waals surface area contributed by atoms with Crippen LogP contribution in [0.15, 0.2) is 30.3 Å². The van der Waals surface area contributed by atoms with Gasteiger partial charge in [0.1, 0.15) is 34.1 Å². The zero-order valence-corrected chi connectivity index (χ0v) is 14.2. The maximum Gasteiger partial charge on any atom is 0.347 e. The van der Waals surface area contributed by atoms with Gasteiger partial charge in [-0.1, -0.05) is 19.8 Å². The molecule has 0 fully saturated rings. The zero-order chi connectivity index (χ0) is 19.3. The van der Waals surface area contributed by atoms with Crippen LogP contribution in [-0.2, 0) is 6.42 Å². The average molecular weight is 360 g/mol. The standard InChI is InChI=1S/C19H20O7/c1-2-3-4-5-11-8-12(20)9-16(22)17(11)19(25)26-13-6-7-14(18(23)24)15(21)10-13/h6-10,20-22H,2-5H2,1H3,(H,23,24). The number of hydrogen-bond donors (Lipinski definition) is 4. The number of hydrogen-bond acceptors (Lipinski definition) is 6. The zero-order valence-electron chi connectivity index (χ0n) is 14.2. The lowest BCUT2D eigenvalue weighted by molar-refractivity contribution is 0.0693. The molecule has 7 nitrogen and oxygen atoms in total. The van der Waals surface area contributed by atoms with Crippen LogP contribution in [0, 0.1) is 0 Å². The van der Waals surface area contributed by atoms with E-state index in [2.05, 4.69) is 0 Å². The van der Waals surface area contributed by atoms with E-state index in [0.29, 0.717) is 12.0 Å². The van der Waals surface area contributed by atoms with E-state index in [-0.39, 0.29) is 22.6 Å². The summed E-state index contributed by atoms with van der Waals surface area (Å²) in [4.78, 5) is 23.4. The fourth-order valence-electron chi connectivity index (χ4n) is 2.58. The van der Waals surface area contributed by atoms with E-state index < -0.39 is 23.4 Å². The molecule has 0 aliphatic rings. The molecule has 0 saturated carbocycles. The molecule has 7 heteroatoms. The van der Waals surface area contributed by atoms with Crippen molar-refractivity contribution < 1.29 is 34.8 Å². The van der Waals surface area contributed by atoms with Gasteiger partial charge in [-0.05, 0) is 36.6 Å². The van der Waals surface area contributed by atoms with E-state index in [1.807, 2.05) is 6.92 Å². The Balaban J connectivity index is 2.28. The lowest BCUT2D eigenvalue weighted by Crippen LogP contribution is -2.12. The molecular weight excluding hydrogens is 340 g/mol. The molecule has 0 spiro atoms. The van der Waals surface area contributed by atoms with Crippen LogP contribution in [0.25, 0.3) is 0 Å². The van der Waals surface area contributed by atoms with Crippen molar-refractivity contribution in [2.45, 2.75) is 32.6 Å². The SMILES string of the molecule is CCCCCc1cc(O)cc(O)c1C(=O)Oc1ccc(C(=O)O)c(O)c1. The van der Waals surface area contributed by atoms with Crippen LogP contribution in [0.2, 0.25) is 0 Å². The first-order valence-electron chi connectivity index (χ1n) is 8.16. The molecule has 2 aromatic carbocycles. The predicted octanol–water partition coefficient (Wildman–Crippen LogP) is 3.45. The smallest absolute Gasteiger partial charge is 0.347 e. The average Bonchev–Trinajstić information content (AvgIpc) is 2.54. The third-order valence-electron chi connectivity index (χ3n) is 3.85. The number of ether oxygens (including phenoxy) is 1. The summed E-state index contributed by atoms with van der Waals surface area (Å²) in [6.07, 6.45) is 3.15. The number of carboxylic acid groups (broad SMARTS) is 1. The maximum absolute atomic E-state index is 12.5. The largest absolute Gasteiger partial charge is 0.508 e. The lowest BCUT2D eigenvalue weighted by Gasteiger charge is -2.12. The highest BCUT2D eigenvalue weighted by atomic mass is 16.5. The molecule has 0 aliphatic heterocycles. The topological polar surface area (TPSA) is 124 Å². The van der Waals surface area contributed by atoms with Gasteiger partial charge in [0.15, 0.2) is 0 Å². The quantitative estimate of drug-likeness (QED) is 0.338. The number of rotatable bonds is 7. The minimum atomic E-state index is -1.31. The molecule has 0 aliphatic carbocycles. The van der Waals surface area contributed by atoms with Crippen molar-refractivity contribution in [1.82, 2.24) is 0 Å². The molecule has 0 bridgehead atoms. The van der Waals surface area contributed by atoms with Crippen LogP contribution >= 0.6 is 0 Å². The summed E-state index contributed by atoms with van der Waals surface area (Å²) >= 11 is 0. The van der Waals surface area contributed by atoms with Crippen molar-refractivity contribution in [1.29, 1.82) is 0 Å². The number of aromatic carboxylic acids is 1. The number of aryl methyl sites for hydroxylation is 1. The van der Waals surface area contributed by atoms with Crippen LogP contribution in [0.4, 0.5) is 0 Å². The molecule has 2 aromatic rings. The van der Waals surface area contributed by atoms with Gasteiger partial charge >= 0.3 is 11.9 Å². The van der Waals surface area contributed by atoms with Crippen molar-refractivity contribution in [2.75, 3.05) is 0 Å². The number of carbonyl (C=O) groups excluding carboxylic acids is 1. The van der Waals surface area contributed by atoms with Gasteiger partial charge in [-0.15, -0.1) is 0 Å². The monoisotopic (exact) mass is 360 g/mol. The molecule has 0 aromatic heterocycles. The molecular formula is C19H20O7. The third kappa shape index (κ3) is 4.44. The predicted molar refractivity (Wildman–Crippen MR) is 93.0 cm³/mol. The molecule has 0 unspecified atom stereocenters. The lowest BCUT2D eigenvalue weighted by atomic mass is 10.00. The first-order valence-corrected chi connectivity index (χ1v) is 8.16. The van der Waals surface area contributed by atoms with Crippen molar-refractivity contribution in [3.63, 3.8) is 0 Å². The van der Waals surface area contributed by atoms with Gasteiger partial charge in [0.2, 0.25) is 0 Å². The highest BCUT2D eigenvalue weighted by Gasteiger charge is 2.21. The van der Waals surface area contributed by atoms with Crippen LogP contribution in [0.1, 0.15) is 52.5 Å². The summed E-state index contributed by atoms with van der Waals surface area (Å²) in [7, 11) is 0. The minimum absolute atomic E-state index is 0.0653. The molecule has 26 heavy (non-hydrogen) atoms.